The number of nitrogens with one attached hydrogen (secondary N) is 1. The molecule has 5 aromatic rings. The maximum Gasteiger partial charge on any atom is 0.137 e. The first-order valence-corrected chi connectivity index (χ1v) is 10.9. The number of aromatic nitrogens is 5. The fourth-order valence-corrected chi connectivity index (χ4v) is 4.09. The van der Waals surface area contributed by atoms with E-state index in [0.29, 0.717) is 13.1 Å². The van der Waals surface area contributed by atoms with Crippen LogP contribution in [-0.4, -0.2) is 31.0 Å². The largest absolute Gasteiger partial charge is 0.497 e. The second kappa shape index (κ2) is 7.67. The molecule has 0 spiro atoms. The average molecular weight is 425 g/mol. The quantitative estimate of drug-likeness (QED) is 0.413. The molecule has 7 nitrogen and oxygen atoms in total. The average Bonchev–Trinajstić information content (AvgIpc) is 3.49. The Hall–Kier alpha value is -3.87. The third-order valence-electron chi connectivity index (χ3n) is 6.05. The van der Waals surface area contributed by atoms with Crippen LogP contribution in [0.5, 0.6) is 5.75 Å². The smallest absolute Gasteiger partial charge is 0.137 e. The molecule has 1 aliphatic carbocycles. The van der Waals surface area contributed by atoms with Crippen molar-refractivity contribution in [2.24, 2.45) is 0 Å². The highest BCUT2D eigenvalue weighted by Gasteiger charge is 2.23. The van der Waals surface area contributed by atoms with E-state index in [-0.39, 0.29) is 0 Å². The SMILES string of the molecule is COc1ccc(CNc2cc3c(cn2)ncn3Cc2cn3cc(C4CC4)ccc3n2)cc1. The van der Waals surface area contributed by atoms with Crippen LogP contribution >= 0.6 is 0 Å². The molecule has 4 aromatic heterocycles. The third kappa shape index (κ3) is 3.66. The summed E-state index contributed by atoms with van der Waals surface area (Å²) in [4.78, 5) is 13.8. The fraction of sp³-hybridized carbons (Fsp3) is 0.240. The number of methoxy groups -OCH3 is 1. The van der Waals surface area contributed by atoms with Gasteiger partial charge in [0.05, 0.1) is 37.4 Å². The summed E-state index contributed by atoms with van der Waals surface area (Å²) in [5, 5.41) is 3.40. The van der Waals surface area contributed by atoms with Gasteiger partial charge < -0.3 is 19.0 Å². The van der Waals surface area contributed by atoms with E-state index >= 15 is 0 Å². The molecule has 0 unspecified atom stereocenters. The lowest BCUT2D eigenvalue weighted by molar-refractivity contribution is 0.414. The molecular weight excluding hydrogens is 400 g/mol. The van der Waals surface area contributed by atoms with E-state index in [4.69, 9.17) is 9.72 Å². The summed E-state index contributed by atoms with van der Waals surface area (Å²) in [5.74, 6) is 2.41. The van der Waals surface area contributed by atoms with Crippen LogP contribution in [0.2, 0.25) is 0 Å². The number of hydrogen-bond donors (Lipinski definition) is 1. The Morgan fingerprint density at radius 1 is 1.06 bits per heavy atom. The van der Waals surface area contributed by atoms with Crippen molar-refractivity contribution < 1.29 is 4.74 Å². The van der Waals surface area contributed by atoms with Gasteiger partial charge in [0.25, 0.3) is 0 Å². The van der Waals surface area contributed by atoms with Crippen LogP contribution in [0, 0.1) is 0 Å². The van der Waals surface area contributed by atoms with Gasteiger partial charge in [-0.25, -0.2) is 15.0 Å². The van der Waals surface area contributed by atoms with Gasteiger partial charge >= 0.3 is 0 Å². The second-order valence-electron chi connectivity index (χ2n) is 8.37. The molecule has 32 heavy (non-hydrogen) atoms. The Balaban J connectivity index is 1.22. The number of fused-ring (bicyclic) bond motifs is 2. The van der Waals surface area contributed by atoms with E-state index in [1.807, 2.05) is 42.9 Å². The van der Waals surface area contributed by atoms with Gasteiger partial charge in [-0.2, -0.15) is 0 Å². The number of anilines is 1. The predicted molar refractivity (Wildman–Crippen MR) is 124 cm³/mol. The Labute approximate surface area is 185 Å². The van der Waals surface area contributed by atoms with E-state index in [2.05, 4.69) is 48.8 Å². The van der Waals surface area contributed by atoms with Gasteiger partial charge in [-0.1, -0.05) is 18.2 Å². The van der Waals surface area contributed by atoms with Gasteiger partial charge in [-0.05, 0) is 48.1 Å². The molecule has 160 valence electrons. The minimum atomic E-state index is 0.666. The lowest BCUT2D eigenvalue weighted by Gasteiger charge is -2.08. The first-order valence-electron chi connectivity index (χ1n) is 10.9. The van der Waals surface area contributed by atoms with E-state index in [1.54, 1.807) is 7.11 Å². The van der Waals surface area contributed by atoms with Crippen molar-refractivity contribution in [3.05, 3.63) is 84.2 Å². The Morgan fingerprint density at radius 2 is 1.94 bits per heavy atom. The molecule has 1 aromatic carbocycles. The van der Waals surface area contributed by atoms with Crippen molar-refractivity contribution in [1.29, 1.82) is 0 Å². The monoisotopic (exact) mass is 424 g/mol. The highest BCUT2D eigenvalue weighted by atomic mass is 16.5. The lowest BCUT2D eigenvalue weighted by Crippen LogP contribution is -2.02. The molecule has 0 amide bonds. The lowest BCUT2D eigenvalue weighted by atomic mass is 10.2. The number of hydrogen-bond acceptors (Lipinski definition) is 5. The Morgan fingerprint density at radius 3 is 2.75 bits per heavy atom. The van der Waals surface area contributed by atoms with E-state index in [9.17, 15) is 0 Å². The third-order valence-corrected chi connectivity index (χ3v) is 6.05. The van der Waals surface area contributed by atoms with Crippen LogP contribution in [0.3, 0.4) is 0 Å². The van der Waals surface area contributed by atoms with Crippen molar-refractivity contribution in [3.63, 3.8) is 0 Å². The van der Waals surface area contributed by atoms with Gasteiger partial charge in [0, 0.05) is 25.0 Å². The summed E-state index contributed by atoms with van der Waals surface area (Å²) in [6.45, 7) is 1.35. The normalized spacial score (nSPS) is 13.7. The number of benzene rings is 1. The van der Waals surface area contributed by atoms with E-state index < -0.39 is 0 Å². The standard InChI is InChI=1S/C25H24N6O/c1-32-21-7-2-17(3-8-21)11-26-24-10-23-22(12-27-24)28-16-31(23)15-20-14-30-13-19(18-4-5-18)6-9-25(30)29-20/h2-3,6-10,12-14,16,18H,4-5,11,15H2,1H3,(H,26,27). The zero-order valence-corrected chi connectivity index (χ0v) is 17.9. The molecule has 1 aliphatic rings. The number of imidazole rings is 2. The molecule has 1 N–H and O–H groups in total. The van der Waals surface area contributed by atoms with E-state index in [0.717, 1.165) is 45.4 Å². The molecule has 1 fully saturated rings. The molecule has 0 aliphatic heterocycles. The van der Waals surface area contributed by atoms with Crippen LogP contribution in [0.1, 0.15) is 35.6 Å². The molecule has 0 bridgehead atoms. The summed E-state index contributed by atoms with van der Waals surface area (Å²) in [7, 11) is 1.67. The molecular formula is C25H24N6O. The summed E-state index contributed by atoms with van der Waals surface area (Å²) in [6.07, 6.45) is 10.6. The molecule has 4 heterocycles. The molecule has 0 saturated heterocycles. The number of rotatable bonds is 7. The van der Waals surface area contributed by atoms with Gasteiger partial charge in [0.15, 0.2) is 0 Å². The first kappa shape index (κ1) is 18.9. The molecule has 1 saturated carbocycles. The van der Waals surface area contributed by atoms with Crippen LogP contribution in [0.25, 0.3) is 16.7 Å². The minimum absolute atomic E-state index is 0.666. The highest BCUT2D eigenvalue weighted by Crippen LogP contribution is 2.39. The number of ether oxygens (including phenoxy) is 1. The van der Waals surface area contributed by atoms with E-state index in [1.165, 1.54) is 18.4 Å². The Bertz CT molecular complexity index is 1400. The summed E-state index contributed by atoms with van der Waals surface area (Å²) in [5.41, 5.74) is 6.48. The number of nitrogens with zero attached hydrogens (tertiary/aromatic N) is 5. The first-order chi connectivity index (χ1) is 15.7. The zero-order valence-electron chi connectivity index (χ0n) is 17.9. The maximum absolute atomic E-state index is 5.22. The summed E-state index contributed by atoms with van der Waals surface area (Å²) < 4.78 is 9.49. The highest BCUT2D eigenvalue weighted by molar-refractivity contribution is 5.77. The summed E-state index contributed by atoms with van der Waals surface area (Å²) >= 11 is 0. The van der Waals surface area contributed by atoms with Crippen LogP contribution in [-0.2, 0) is 13.1 Å². The summed E-state index contributed by atoms with van der Waals surface area (Å²) in [6, 6.07) is 14.4. The number of pyridine rings is 2. The van der Waals surface area contributed by atoms with Crippen molar-refractivity contribution in [2.45, 2.75) is 31.8 Å². The molecule has 6 rings (SSSR count). The van der Waals surface area contributed by atoms with Crippen molar-refractivity contribution in [2.75, 3.05) is 12.4 Å². The van der Waals surface area contributed by atoms with Gasteiger partial charge in [-0.15, -0.1) is 0 Å². The van der Waals surface area contributed by atoms with Crippen molar-refractivity contribution in [3.8, 4) is 5.75 Å². The van der Waals surface area contributed by atoms with Crippen molar-refractivity contribution >= 4 is 22.5 Å². The van der Waals surface area contributed by atoms with Crippen LogP contribution in [0.15, 0.2) is 67.4 Å². The van der Waals surface area contributed by atoms with Gasteiger partial charge in [0.2, 0.25) is 0 Å². The maximum atomic E-state index is 5.22. The molecule has 7 heteroatoms. The van der Waals surface area contributed by atoms with Crippen molar-refractivity contribution in [1.82, 2.24) is 23.9 Å². The van der Waals surface area contributed by atoms with Crippen LogP contribution < -0.4 is 10.1 Å². The zero-order chi connectivity index (χ0) is 21.5. The second-order valence-corrected chi connectivity index (χ2v) is 8.37. The van der Waals surface area contributed by atoms with Gasteiger partial charge in [-0.3, -0.25) is 0 Å². The van der Waals surface area contributed by atoms with Crippen LogP contribution in [0.4, 0.5) is 5.82 Å². The molecule has 0 atom stereocenters. The molecule has 0 radical (unpaired) electrons. The fourth-order valence-electron chi connectivity index (χ4n) is 4.09. The Kier molecular flexibility index (Phi) is 4.52. The minimum Gasteiger partial charge on any atom is -0.497 e. The van der Waals surface area contributed by atoms with Gasteiger partial charge in [0.1, 0.15) is 22.7 Å². The topological polar surface area (TPSA) is 69.3 Å². The predicted octanol–water partition coefficient (Wildman–Crippen LogP) is 4.63.